The summed E-state index contributed by atoms with van der Waals surface area (Å²) in [6.07, 6.45) is 6.26. The predicted octanol–water partition coefficient (Wildman–Crippen LogP) is 3.29. The largest absolute Gasteiger partial charge is 0.373 e. The molecule has 5 nitrogen and oxygen atoms in total. The van der Waals surface area contributed by atoms with Gasteiger partial charge in [0.05, 0.1) is 0 Å². The molecule has 1 aromatic heterocycles. The molecule has 2 fully saturated rings. The SMILES string of the molecule is CNc1nc(C2CC2)nc(NN2C(C)CCCC2C)c1C. The molecular formula is C16H27N5. The molecule has 0 aromatic carbocycles. The van der Waals surface area contributed by atoms with Gasteiger partial charge in [0.2, 0.25) is 0 Å². The van der Waals surface area contributed by atoms with E-state index in [2.05, 4.69) is 41.5 Å². The van der Waals surface area contributed by atoms with Gasteiger partial charge in [-0.25, -0.2) is 15.0 Å². The molecule has 5 heteroatoms. The van der Waals surface area contributed by atoms with E-state index >= 15 is 0 Å². The fourth-order valence-corrected chi connectivity index (χ4v) is 3.17. The van der Waals surface area contributed by atoms with E-state index in [1.54, 1.807) is 0 Å². The summed E-state index contributed by atoms with van der Waals surface area (Å²) < 4.78 is 0. The first-order valence-corrected chi connectivity index (χ1v) is 8.21. The Hall–Kier alpha value is -1.36. The van der Waals surface area contributed by atoms with Crippen LogP contribution in [-0.4, -0.2) is 34.1 Å². The van der Waals surface area contributed by atoms with Crippen molar-refractivity contribution in [1.82, 2.24) is 15.0 Å². The van der Waals surface area contributed by atoms with Gasteiger partial charge >= 0.3 is 0 Å². The molecule has 1 aliphatic heterocycles. The minimum Gasteiger partial charge on any atom is -0.373 e. The molecule has 116 valence electrons. The van der Waals surface area contributed by atoms with Crippen LogP contribution < -0.4 is 10.7 Å². The highest BCUT2D eigenvalue weighted by Crippen LogP contribution is 2.39. The van der Waals surface area contributed by atoms with Gasteiger partial charge in [0.15, 0.2) is 0 Å². The predicted molar refractivity (Wildman–Crippen MR) is 86.5 cm³/mol. The van der Waals surface area contributed by atoms with E-state index in [1.807, 2.05) is 7.05 Å². The second-order valence-corrected chi connectivity index (χ2v) is 6.58. The maximum absolute atomic E-state index is 4.80. The second-order valence-electron chi connectivity index (χ2n) is 6.58. The maximum atomic E-state index is 4.80. The molecule has 1 saturated carbocycles. The van der Waals surface area contributed by atoms with E-state index in [1.165, 1.54) is 32.1 Å². The third-order valence-corrected chi connectivity index (χ3v) is 4.77. The summed E-state index contributed by atoms with van der Waals surface area (Å²) in [5.41, 5.74) is 4.69. The van der Waals surface area contributed by atoms with Crippen molar-refractivity contribution in [3.8, 4) is 0 Å². The van der Waals surface area contributed by atoms with Crippen molar-refractivity contribution in [2.75, 3.05) is 17.8 Å². The topological polar surface area (TPSA) is 53.1 Å². The molecule has 0 radical (unpaired) electrons. The summed E-state index contributed by atoms with van der Waals surface area (Å²) in [6, 6.07) is 1.09. The summed E-state index contributed by atoms with van der Waals surface area (Å²) in [6.45, 7) is 6.67. The molecule has 2 N–H and O–H groups in total. The van der Waals surface area contributed by atoms with Crippen molar-refractivity contribution in [3.05, 3.63) is 11.4 Å². The fourth-order valence-electron chi connectivity index (χ4n) is 3.17. The van der Waals surface area contributed by atoms with Gasteiger partial charge in [-0.15, -0.1) is 0 Å². The Morgan fingerprint density at radius 1 is 1.00 bits per heavy atom. The van der Waals surface area contributed by atoms with E-state index < -0.39 is 0 Å². The minimum absolute atomic E-state index is 0.547. The molecule has 1 saturated heterocycles. The Bertz CT molecular complexity index is 502. The number of hydrazine groups is 1. The van der Waals surface area contributed by atoms with Gasteiger partial charge in [0.25, 0.3) is 0 Å². The van der Waals surface area contributed by atoms with Gasteiger partial charge in [-0.3, -0.25) is 0 Å². The van der Waals surface area contributed by atoms with Crippen LogP contribution in [0.1, 0.15) is 63.3 Å². The van der Waals surface area contributed by atoms with Gasteiger partial charge in [0.1, 0.15) is 17.5 Å². The zero-order valence-corrected chi connectivity index (χ0v) is 13.6. The number of piperidine rings is 1. The first-order chi connectivity index (χ1) is 10.1. The van der Waals surface area contributed by atoms with Crippen LogP contribution in [-0.2, 0) is 0 Å². The van der Waals surface area contributed by atoms with E-state index in [0.717, 1.165) is 23.0 Å². The molecule has 3 rings (SSSR count). The van der Waals surface area contributed by atoms with Crippen LogP contribution >= 0.6 is 0 Å². The molecule has 1 aliphatic carbocycles. The first-order valence-electron chi connectivity index (χ1n) is 8.21. The highest BCUT2D eigenvalue weighted by molar-refractivity contribution is 5.57. The van der Waals surface area contributed by atoms with E-state index in [-0.39, 0.29) is 0 Å². The standard InChI is InChI=1S/C16H27N5/c1-10-6-5-7-11(2)21(10)20-15-12(3)14(17-4)18-16(19-15)13-8-9-13/h10-11,13H,5-9H2,1-4H3,(H2,17,18,19,20). The van der Waals surface area contributed by atoms with E-state index in [0.29, 0.717) is 18.0 Å². The summed E-state index contributed by atoms with van der Waals surface area (Å²) in [7, 11) is 1.93. The van der Waals surface area contributed by atoms with E-state index in [4.69, 9.17) is 4.98 Å². The average Bonchev–Trinajstić information content (AvgIpc) is 3.29. The first kappa shape index (κ1) is 14.6. The van der Waals surface area contributed by atoms with Crippen molar-refractivity contribution >= 4 is 11.6 Å². The molecule has 2 heterocycles. The number of nitrogens with zero attached hydrogens (tertiary/aromatic N) is 3. The van der Waals surface area contributed by atoms with Gasteiger partial charge in [-0.05, 0) is 46.5 Å². The van der Waals surface area contributed by atoms with Crippen LogP contribution in [0.15, 0.2) is 0 Å². The summed E-state index contributed by atoms with van der Waals surface area (Å²) >= 11 is 0. The van der Waals surface area contributed by atoms with Crippen LogP contribution in [0.4, 0.5) is 11.6 Å². The number of nitrogens with one attached hydrogen (secondary N) is 2. The highest BCUT2D eigenvalue weighted by Gasteiger charge is 2.30. The normalized spacial score (nSPS) is 26.7. The van der Waals surface area contributed by atoms with Crippen molar-refractivity contribution < 1.29 is 0 Å². The fraction of sp³-hybridized carbons (Fsp3) is 0.750. The van der Waals surface area contributed by atoms with Crippen LogP contribution in [0.2, 0.25) is 0 Å². The van der Waals surface area contributed by atoms with Crippen LogP contribution in [0.3, 0.4) is 0 Å². The number of hydrogen-bond acceptors (Lipinski definition) is 5. The van der Waals surface area contributed by atoms with Crippen molar-refractivity contribution in [2.24, 2.45) is 0 Å². The summed E-state index contributed by atoms with van der Waals surface area (Å²) in [5.74, 6) is 3.47. The smallest absolute Gasteiger partial charge is 0.149 e. The molecule has 2 atom stereocenters. The minimum atomic E-state index is 0.547. The third-order valence-electron chi connectivity index (χ3n) is 4.77. The number of hydrogen-bond donors (Lipinski definition) is 2. The summed E-state index contributed by atoms with van der Waals surface area (Å²) in [5, 5.41) is 5.58. The number of rotatable bonds is 4. The Labute approximate surface area is 127 Å². The summed E-state index contributed by atoms with van der Waals surface area (Å²) in [4.78, 5) is 9.47. The lowest BCUT2D eigenvalue weighted by Crippen LogP contribution is -2.47. The van der Waals surface area contributed by atoms with Crippen molar-refractivity contribution in [3.63, 3.8) is 0 Å². The third kappa shape index (κ3) is 2.98. The number of anilines is 2. The highest BCUT2D eigenvalue weighted by atomic mass is 15.5. The van der Waals surface area contributed by atoms with Crippen molar-refractivity contribution in [1.29, 1.82) is 0 Å². The molecule has 1 aromatic rings. The van der Waals surface area contributed by atoms with Gasteiger partial charge in [-0.2, -0.15) is 0 Å². The van der Waals surface area contributed by atoms with Gasteiger partial charge in [-0.1, -0.05) is 6.42 Å². The lowest BCUT2D eigenvalue weighted by molar-refractivity contribution is 0.135. The molecule has 21 heavy (non-hydrogen) atoms. The Balaban J connectivity index is 1.87. The molecule has 0 bridgehead atoms. The zero-order valence-electron chi connectivity index (χ0n) is 13.6. The maximum Gasteiger partial charge on any atom is 0.149 e. The van der Waals surface area contributed by atoms with Crippen LogP contribution in [0.25, 0.3) is 0 Å². The second kappa shape index (κ2) is 5.79. The van der Waals surface area contributed by atoms with Gasteiger partial charge < -0.3 is 10.7 Å². The van der Waals surface area contributed by atoms with Crippen molar-refractivity contribution in [2.45, 2.75) is 70.9 Å². The molecular weight excluding hydrogens is 262 g/mol. The quantitative estimate of drug-likeness (QED) is 0.891. The lowest BCUT2D eigenvalue weighted by atomic mass is 10.00. The Morgan fingerprint density at radius 2 is 1.62 bits per heavy atom. The van der Waals surface area contributed by atoms with E-state index in [9.17, 15) is 0 Å². The lowest BCUT2D eigenvalue weighted by Gasteiger charge is -2.39. The molecule has 0 amide bonds. The molecule has 0 spiro atoms. The Kier molecular flexibility index (Phi) is 4.02. The number of aromatic nitrogens is 2. The molecule has 2 aliphatic rings. The Morgan fingerprint density at radius 3 is 2.19 bits per heavy atom. The van der Waals surface area contributed by atoms with Crippen LogP contribution in [0, 0.1) is 6.92 Å². The van der Waals surface area contributed by atoms with Gasteiger partial charge in [0, 0.05) is 30.6 Å². The monoisotopic (exact) mass is 289 g/mol. The van der Waals surface area contributed by atoms with Crippen LogP contribution in [0.5, 0.6) is 0 Å². The average molecular weight is 289 g/mol. The zero-order chi connectivity index (χ0) is 15.0. The molecule has 2 unspecified atom stereocenters.